The highest BCUT2D eigenvalue weighted by atomic mass is 32.1. The van der Waals surface area contributed by atoms with Gasteiger partial charge in [0.05, 0.1) is 24.4 Å². The van der Waals surface area contributed by atoms with Crippen molar-refractivity contribution in [3.8, 4) is 5.69 Å². The average molecular weight is 415 g/mol. The molecule has 0 radical (unpaired) electrons. The Labute approximate surface area is 180 Å². The zero-order valence-corrected chi connectivity index (χ0v) is 17.2. The van der Waals surface area contributed by atoms with Crippen molar-refractivity contribution in [1.29, 1.82) is 0 Å². The minimum Gasteiger partial charge on any atom is -0.395 e. The molecular formula is C24H22N4OS. The number of fused-ring (bicyclic) bond motifs is 1. The summed E-state index contributed by atoms with van der Waals surface area (Å²) in [6.07, 6.45) is 3.88. The van der Waals surface area contributed by atoms with Gasteiger partial charge in [-0.3, -0.25) is 4.98 Å². The van der Waals surface area contributed by atoms with Crippen molar-refractivity contribution in [2.45, 2.75) is 12.1 Å². The van der Waals surface area contributed by atoms with Gasteiger partial charge in [0, 0.05) is 30.3 Å². The van der Waals surface area contributed by atoms with Crippen LogP contribution in [0, 0.1) is 0 Å². The molecule has 150 valence electrons. The van der Waals surface area contributed by atoms with E-state index in [9.17, 15) is 5.11 Å². The molecule has 2 aromatic carbocycles. The van der Waals surface area contributed by atoms with Crippen molar-refractivity contribution < 1.29 is 5.11 Å². The fourth-order valence-corrected chi connectivity index (χ4v) is 4.60. The van der Waals surface area contributed by atoms with Crippen LogP contribution in [0.4, 0.5) is 0 Å². The second-order valence-corrected chi connectivity index (χ2v) is 7.76. The van der Waals surface area contributed by atoms with Gasteiger partial charge in [0.2, 0.25) is 0 Å². The number of nitrogens with zero attached hydrogens (tertiary/aromatic N) is 3. The minimum atomic E-state index is -0.0978. The normalized spacial score (nSPS) is 18.7. The van der Waals surface area contributed by atoms with Crippen LogP contribution in [0.25, 0.3) is 16.5 Å². The Hall–Kier alpha value is -3.22. The summed E-state index contributed by atoms with van der Waals surface area (Å²) in [5.41, 5.74) is 3.12. The number of nitrogens with one attached hydrogen (secondary N) is 1. The fourth-order valence-electron chi connectivity index (χ4n) is 4.27. The Morgan fingerprint density at radius 2 is 1.80 bits per heavy atom. The van der Waals surface area contributed by atoms with Gasteiger partial charge in [0.1, 0.15) is 0 Å². The summed E-state index contributed by atoms with van der Waals surface area (Å²) >= 11 is 5.62. The summed E-state index contributed by atoms with van der Waals surface area (Å²) in [7, 11) is 0. The molecule has 0 saturated carbocycles. The van der Waals surface area contributed by atoms with Gasteiger partial charge in [0.15, 0.2) is 5.11 Å². The van der Waals surface area contributed by atoms with Gasteiger partial charge in [-0.1, -0.05) is 36.4 Å². The minimum absolute atomic E-state index is 0.0317. The van der Waals surface area contributed by atoms with Gasteiger partial charge < -0.3 is 19.9 Å². The zero-order chi connectivity index (χ0) is 20.5. The van der Waals surface area contributed by atoms with E-state index in [1.807, 2.05) is 18.2 Å². The summed E-state index contributed by atoms with van der Waals surface area (Å²) in [5.74, 6) is 0. The molecule has 1 aliphatic rings. The van der Waals surface area contributed by atoms with E-state index in [2.05, 4.69) is 80.6 Å². The number of thiocarbonyl (C=S) groups is 1. The monoisotopic (exact) mass is 414 g/mol. The molecule has 6 heteroatoms. The highest BCUT2D eigenvalue weighted by molar-refractivity contribution is 7.80. The van der Waals surface area contributed by atoms with Crippen molar-refractivity contribution in [2.24, 2.45) is 0 Å². The number of aromatic nitrogens is 2. The first kappa shape index (κ1) is 18.8. The SMILES string of the molecule is OCCN1C(=S)N[C@@H](c2ccccn2)[C@@H]1c1cccn1-c1ccc2ccccc2c1. The molecule has 5 rings (SSSR count). The Morgan fingerprint density at radius 1 is 0.967 bits per heavy atom. The predicted molar refractivity (Wildman–Crippen MR) is 123 cm³/mol. The lowest BCUT2D eigenvalue weighted by Gasteiger charge is -2.28. The number of pyridine rings is 1. The molecule has 0 unspecified atom stereocenters. The summed E-state index contributed by atoms with van der Waals surface area (Å²) in [6, 6.07) is 24.8. The van der Waals surface area contributed by atoms with E-state index in [1.54, 1.807) is 6.20 Å². The molecule has 1 aliphatic heterocycles. The van der Waals surface area contributed by atoms with Crippen molar-refractivity contribution in [3.63, 3.8) is 0 Å². The van der Waals surface area contributed by atoms with Gasteiger partial charge >= 0.3 is 0 Å². The van der Waals surface area contributed by atoms with Crippen molar-refractivity contribution in [1.82, 2.24) is 19.8 Å². The first-order valence-electron chi connectivity index (χ1n) is 10.0. The smallest absolute Gasteiger partial charge is 0.170 e. The summed E-state index contributed by atoms with van der Waals surface area (Å²) < 4.78 is 2.20. The summed E-state index contributed by atoms with van der Waals surface area (Å²) in [6.45, 7) is 0.493. The standard InChI is InChI=1S/C24H22N4OS/c29-15-14-28-23(22(26-24(28)30)20-8-3-4-12-25-20)21-9-5-13-27(21)19-11-10-17-6-1-2-7-18(17)16-19/h1-13,16,22-23,29H,14-15H2,(H,26,30)/t22-,23-/m0/s1. The maximum Gasteiger partial charge on any atom is 0.170 e. The van der Waals surface area contributed by atoms with E-state index in [-0.39, 0.29) is 18.7 Å². The lowest BCUT2D eigenvalue weighted by molar-refractivity contribution is 0.220. The molecule has 0 amide bonds. The van der Waals surface area contributed by atoms with E-state index in [0.717, 1.165) is 17.1 Å². The van der Waals surface area contributed by atoms with E-state index in [4.69, 9.17) is 12.2 Å². The van der Waals surface area contributed by atoms with E-state index < -0.39 is 0 Å². The molecule has 0 spiro atoms. The van der Waals surface area contributed by atoms with Crippen molar-refractivity contribution in [2.75, 3.05) is 13.2 Å². The van der Waals surface area contributed by atoms with Gasteiger partial charge in [0.25, 0.3) is 0 Å². The maximum atomic E-state index is 9.67. The van der Waals surface area contributed by atoms with Crippen LogP contribution >= 0.6 is 12.2 Å². The number of hydrogen-bond donors (Lipinski definition) is 2. The van der Waals surface area contributed by atoms with Crippen LogP contribution in [-0.2, 0) is 0 Å². The van der Waals surface area contributed by atoms with Crippen molar-refractivity contribution in [3.05, 3.63) is 96.6 Å². The summed E-state index contributed by atoms with van der Waals surface area (Å²) in [5, 5.41) is 16.1. The van der Waals surface area contributed by atoms with E-state index >= 15 is 0 Å². The highest BCUT2D eigenvalue weighted by Crippen LogP contribution is 2.39. The Balaban J connectivity index is 1.62. The molecular weight excluding hydrogens is 392 g/mol. The quantitative estimate of drug-likeness (QED) is 0.484. The van der Waals surface area contributed by atoms with Gasteiger partial charge in [-0.25, -0.2) is 0 Å². The Kier molecular flexibility index (Phi) is 4.94. The Bertz CT molecular complexity index is 1190. The molecule has 0 bridgehead atoms. The third-order valence-corrected chi connectivity index (χ3v) is 5.99. The predicted octanol–water partition coefficient (Wildman–Crippen LogP) is 3.99. The molecule has 30 heavy (non-hydrogen) atoms. The average Bonchev–Trinajstić information content (AvgIpc) is 3.39. The van der Waals surface area contributed by atoms with Crippen molar-refractivity contribution >= 4 is 28.1 Å². The second kappa shape index (κ2) is 7.89. The van der Waals surface area contributed by atoms with Gasteiger partial charge in [-0.05, 0) is 59.4 Å². The molecule has 0 aliphatic carbocycles. The second-order valence-electron chi connectivity index (χ2n) is 7.38. The van der Waals surface area contributed by atoms with E-state index in [1.165, 1.54) is 10.8 Å². The molecule has 2 atom stereocenters. The number of hydrogen-bond acceptors (Lipinski definition) is 3. The lowest BCUT2D eigenvalue weighted by atomic mass is 10.0. The molecule has 1 saturated heterocycles. The van der Waals surface area contributed by atoms with Gasteiger partial charge in [-0.15, -0.1) is 0 Å². The first-order chi connectivity index (χ1) is 14.8. The largest absolute Gasteiger partial charge is 0.395 e. The van der Waals surface area contributed by atoms with Crippen LogP contribution < -0.4 is 5.32 Å². The number of rotatable bonds is 5. The Morgan fingerprint density at radius 3 is 2.60 bits per heavy atom. The number of aliphatic hydroxyl groups is 1. The third kappa shape index (κ3) is 3.24. The summed E-state index contributed by atoms with van der Waals surface area (Å²) in [4.78, 5) is 6.63. The maximum absolute atomic E-state index is 9.67. The molecule has 3 heterocycles. The van der Waals surface area contributed by atoms with Crippen LogP contribution in [0.2, 0.25) is 0 Å². The highest BCUT2D eigenvalue weighted by Gasteiger charge is 2.40. The molecule has 2 N–H and O–H groups in total. The van der Waals surface area contributed by atoms with Crippen LogP contribution in [0.5, 0.6) is 0 Å². The number of β-amino-alcohol motifs (C(OH)–C–C–N with tert-alkyl or cyclic N) is 1. The van der Waals surface area contributed by atoms with Crippen LogP contribution in [0.15, 0.2) is 85.2 Å². The molecule has 1 fully saturated rings. The molecule has 4 aromatic rings. The van der Waals surface area contributed by atoms with Crippen LogP contribution in [0.3, 0.4) is 0 Å². The number of aliphatic hydroxyl groups excluding tert-OH is 1. The van der Waals surface area contributed by atoms with Gasteiger partial charge in [-0.2, -0.15) is 0 Å². The third-order valence-electron chi connectivity index (χ3n) is 5.63. The van der Waals surface area contributed by atoms with Crippen LogP contribution in [0.1, 0.15) is 23.5 Å². The molecule has 5 nitrogen and oxygen atoms in total. The van der Waals surface area contributed by atoms with E-state index in [0.29, 0.717) is 11.7 Å². The van der Waals surface area contributed by atoms with Crippen LogP contribution in [-0.4, -0.2) is 37.8 Å². The zero-order valence-electron chi connectivity index (χ0n) is 16.3. The fraction of sp³-hybridized carbons (Fsp3) is 0.167. The molecule has 2 aromatic heterocycles. The first-order valence-corrected chi connectivity index (χ1v) is 10.4. The topological polar surface area (TPSA) is 53.3 Å². The lowest BCUT2D eigenvalue weighted by Crippen LogP contribution is -2.32. The number of benzene rings is 2.